The third-order valence-corrected chi connectivity index (χ3v) is 10.8. The quantitative estimate of drug-likeness (QED) is 0.0262. The van der Waals surface area contributed by atoms with Gasteiger partial charge in [0.1, 0.15) is 13.2 Å². The fourth-order valence-corrected chi connectivity index (χ4v) is 6.84. The normalized spacial score (nSPS) is 13.0. The zero-order valence-corrected chi connectivity index (χ0v) is 42.0. The first kappa shape index (κ1) is 61.1. The zero-order valence-electron chi connectivity index (χ0n) is 42.0. The van der Waals surface area contributed by atoms with Crippen molar-refractivity contribution in [3.05, 3.63) is 109 Å². The highest BCUT2D eigenvalue weighted by Crippen LogP contribution is 2.13. The van der Waals surface area contributed by atoms with Gasteiger partial charge in [-0.05, 0) is 89.9 Å². The molecule has 0 rings (SSSR count). The van der Waals surface area contributed by atoms with Crippen LogP contribution in [0.5, 0.6) is 0 Å². The van der Waals surface area contributed by atoms with E-state index in [0.29, 0.717) is 19.3 Å². The molecule has 0 unspecified atom stereocenters. The summed E-state index contributed by atoms with van der Waals surface area (Å²) in [5.41, 5.74) is 0. The van der Waals surface area contributed by atoms with Gasteiger partial charge in [0, 0.05) is 19.3 Å². The van der Waals surface area contributed by atoms with E-state index in [-0.39, 0.29) is 44.0 Å². The number of ether oxygens (including phenoxy) is 3. The average Bonchev–Trinajstić information content (AvgIpc) is 3.30. The summed E-state index contributed by atoms with van der Waals surface area (Å²) in [6, 6.07) is 0. The molecule has 6 heteroatoms. The Morgan fingerprint density at radius 2 is 0.646 bits per heavy atom. The summed E-state index contributed by atoms with van der Waals surface area (Å²) in [5, 5.41) is 0. The molecule has 0 amide bonds. The molecule has 65 heavy (non-hydrogen) atoms. The highest BCUT2D eigenvalue weighted by Gasteiger charge is 2.19. The number of unbranched alkanes of at least 4 members (excludes halogenated alkanes) is 17. The maximum atomic E-state index is 12.8. The fraction of sp³-hybridized carbons (Fsp3) is 0.644. The predicted octanol–water partition coefficient (Wildman–Crippen LogP) is 17.5. The maximum Gasteiger partial charge on any atom is 0.306 e. The second-order valence-corrected chi connectivity index (χ2v) is 17.1. The third-order valence-electron chi connectivity index (χ3n) is 10.8. The van der Waals surface area contributed by atoms with E-state index in [2.05, 4.69) is 118 Å². The molecule has 0 fully saturated rings. The Kier molecular flexibility index (Phi) is 49.5. The summed E-state index contributed by atoms with van der Waals surface area (Å²) in [5.74, 6) is -1.07. The van der Waals surface area contributed by atoms with Crippen LogP contribution in [0.2, 0.25) is 0 Å². The van der Waals surface area contributed by atoms with Gasteiger partial charge in [-0.1, -0.05) is 226 Å². The van der Waals surface area contributed by atoms with Gasteiger partial charge in [-0.25, -0.2) is 0 Å². The van der Waals surface area contributed by atoms with Crippen LogP contribution in [-0.4, -0.2) is 37.2 Å². The van der Waals surface area contributed by atoms with Crippen LogP contribution in [0.25, 0.3) is 0 Å². The lowest BCUT2D eigenvalue weighted by atomic mass is 10.1. The standard InChI is InChI=1S/C59H96O6/c1-4-7-10-13-16-19-22-24-26-28-29-31-32-34-37-40-43-46-49-52-58(61)64-55-56(54-63-57(60)51-48-45-42-39-36-21-18-15-12-9-6-3)65-59(62)53-50-47-44-41-38-35-33-30-27-25-23-20-17-14-11-8-5-2/h7,10,16,19,24-27,29,31,33-35,37,41,43-44,46,56H,4-6,8-9,11-15,17-18,20-23,28,30,32,36,38-40,42,45,47-55H2,1-3H3/b10-7-,19-16-,26-24-,27-25-,31-29-,35-33-,37-34-,44-41-,46-43-/t56-/m0/s1. The molecule has 0 aliphatic heterocycles. The monoisotopic (exact) mass is 901 g/mol. The highest BCUT2D eigenvalue weighted by molar-refractivity contribution is 5.71. The second kappa shape index (κ2) is 52.7. The predicted molar refractivity (Wildman–Crippen MR) is 279 cm³/mol. The number of rotatable bonds is 46. The Labute approximate surface area is 400 Å². The van der Waals surface area contributed by atoms with Gasteiger partial charge in [-0.2, -0.15) is 0 Å². The van der Waals surface area contributed by atoms with Crippen molar-refractivity contribution < 1.29 is 28.6 Å². The molecule has 0 spiro atoms. The number of esters is 3. The zero-order chi connectivity index (χ0) is 47.2. The van der Waals surface area contributed by atoms with Crippen molar-refractivity contribution in [3.63, 3.8) is 0 Å². The average molecular weight is 901 g/mol. The van der Waals surface area contributed by atoms with E-state index in [1.54, 1.807) is 0 Å². The largest absolute Gasteiger partial charge is 0.462 e. The minimum absolute atomic E-state index is 0.122. The van der Waals surface area contributed by atoms with Gasteiger partial charge >= 0.3 is 17.9 Å². The van der Waals surface area contributed by atoms with E-state index in [4.69, 9.17) is 14.2 Å². The van der Waals surface area contributed by atoms with Crippen LogP contribution in [-0.2, 0) is 28.6 Å². The smallest absolute Gasteiger partial charge is 0.306 e. The van der Waals surface area contributed by atoms with Gasteiger partial charge < -0.3 is 14.2 Å². The van der Waals surface area contributed by atoms with Crippen LogP contribution in [0.15, 0.2) is 109 Å². The first-order valence-corrected chi connectivity index (χ1v) is 26.4. The summed E-state index contributed by atoms with van der Waals surface area (Å²) >= 11 is 0. The summed E-state index contributed by atoms with van der Waals surface area (Å²) in [6.45, 7) is 6.39. The second-order valence-electron chi connectivity index (χ2n) is 17.1. The van der Waals surface area contributed by atoms with Crippen molar-refractivity contribution in [1.82, 2.24) is 0 Å². The van der Waals surface area contributed by atoms with Gasteiger partial charge in [-0.15, -0.1) is 0 Å². The molecular weight excluding hydrogens is 805 g/mol. The molecule has 1 atom stereocenters. The van der Waals surface area contributed by atoms with Crippen LogP contribution in [0, 0.1) is 0 Å². The Morgan fingerprint density at radius 3 is 1.08 bits per heavy atom. The van der Waals surface area contributed by atoms with Gasteiger partial charge in [0.2, 0.25) is 0 Å². The summed E-state index contributed by atoms with van der Waals surface area (Å²) < 4.78 is 16.7. The molecule has 0 bridgehead atoms. The molecular formula is C59H96O6. The lowest BCUT2D eigenvalue weighted by molar-refractivity contribution is -0.166. The van der Waals surface area contributed by atoms with Gasteiger partial charge in [0.25, 0.3) is 0 Å². The molecule has 0 radical (unpaired) electrons. The van der Waals surface area contributed by atoms with Crippen LogP contribution in [0.3, 0.4) is 0 Å². The molecule has 0 aliphatic carbocycles. The van der Waals surface area contributed by atoms with Crippen LogP contribution < -0.4 is 0 Å². The summed E-state index contributed by atoms with van der Waals surface area (Å²) in [6.07, 6.45) is 70.9. The Bertz CT molecular complexity index is 1360. The Balaban J connectivity index is 4.57. The van der Waals surface area contributed by atoms with Crippen molar-refractivity contribution in [1.29, 1.82) is 0 Å². The molecule has 0 heterocycles. The maximum absolute atomic E-state index is 12.8. The minimum atomic E-state index is -0.834. The van der Waals surface area contributed by atoms with E-state index >= 15 is 0 Å². The van der Waals surface area contributed by atoms with Crippen molar-refractivity contribution >= 4 is 17.9 Å². The van der Waals surface area contributed by atoms with Crippen molar-refractivity contribution in [2.45, 2.75) is 232 Å². The molecule has 0 N–H and O–H groups in total. The minimum Gasteiger partial charge on any atom is -0.462 e. The number of hydrogen-bond donors (Lipinski definition) is 0. The fourth-order valence-electron chi connectivity index (χ4n) is 6.84. The van der Waals surface area contributed by atoms with Crippen molar-refractivity contribution in [3.8, 4) is 0 Å². The van der Waals surface area contributed by atoms with Gasteiger partial charge in [0.15, 0.2) is 6.10 Å². The number of carbonyl (C=O) groups is 3. The SMILES string of the molecule is CC/C=C\C/C=C\C/C=C\C/C=C\C/C=C\C/C=C\CCC(=O)OC[C@H](COC(=O)CCCCCCCCCCCCC)OC(=O)CCC/C=C\C/C=C\C/C=C\CCCCCCCC. The Hall–Kier alpha value is -3.93. The van der Waals surface area contributed by atoms with Crippen molar-refractivity contribution in [2.24, 2.45) is 0 Å². The molecule has 0 saturated carbocycles. The number of hydrogen-bond acceptors (Lipinski definition) is 6. The topological polar surface area (TPSA) is 78.9 Å². The first-order chi connectivity index (χ1) is 32.0. The molecule has 0 aliphatic rings. The summed E-state index contributed by atoms with van der Waals surface area (Å²) in [4.78, 5) is 37.9. The third kappa shape index (κ3) is 50.9. The molecule has 0 aromatic rings. The first-order valence-electron chi connectivity index (χ1n) is 26.4. The Morgan fingerprint density at radius 1 is 0.323 bits per heavy atom. The lowest BCUT2D eigenvalue weighted by Crippen LogP contribution is -2.30. The van der Waals surface area contributed by atoms with Gasteiger partial charge in [0.05, 0.1) is 0 Å². The van der Waals surface area contributed by atoms with E-state index in [1.807, 2.05) is 12.2 Å². The summed E-state index contributed by atoms with van der Waals surface area (Å²) in [7, 11) is 0. The van der Waals surface area contributed by atoms with Crippen LogP contribution in [0.1, 0.15) is 226 Å². The van der Waals surface area contributed by atoms with E-state index in [0.717, 1.165) is 77.0 Å². The van der Waals surface area contributed by atoms with E-state index < -0.39 is 6.10 Å². The lowest BCUT2D eigenvalue weighted by Gasteiger charge is -2.18. The number of allylic oxidation sites excluding steroid dienone is 18. The molecule has 0 aromatic heterocycles. The molecule has 0 aromatic carbocycles. The van der Waals surface area contributed by atoms with Gasteiger partial charge in [-0.3, -0.25) is 14.4 Å². The van der Waals surface area contributed by atoms with E-state index in [1.165, 1.54) is 96.3 Å². The molecule has 6 nitrogen and oxygen atoms in total. The highest BCUT2D eigenvalue weighted by atomic mass is 16.6. The molecule has 368 valence electrons. The van der Waals surface area contributed by atoms with E-state index in [9.17, 15) is 14.4 Å². The van der Waals surface area contributed by atoms with Crippen LogP contribution >= 0.6 is 0 Å². The van der Waals surface area contributed by atoms with Crippen molar-refractivity contribution in [2.75, 3.05) is 13.2 Å². The molecule has 0 saturated heterocycles. The van der Waals surface area contributed by atoms with Crippen LogP contribution in [0.4, 0.5) is 0 Å². The number of carbonyl (C=O) groups excluding carboxylic acids is 3.